The van der Waals surface area contributed by atoms with Crippen molar-refractivity contribution in [3.8, 4) is 0 Å². The first-order chi connectivity index (χ1) is 15.7. The first kappa shape index (κ1) is 23.3. The molecule has 174 valence electrons. The van der Waals surface area contributed by atoms with E-state index >= 15 is 0 Å². The Morgan fingerprint density at radius 3 is 2.30 bits per heavy atom. The molecule has 0 saturated carbocycles. The van der Waals surface area contributed by atoms with E-state index in [0.29, 0.717) is 37.7 Å². The monoisotopic (exact) mass is 487 g/mol. The van der Waals surface area contributed by atoms with Gasteiger partial charge in [-0.2, -0.15) is 9.40 Å². The molecule has 0 bridgehead atoms. The van der Waals surface area contributed by atoms with E-state index in [-0.39, 0.29) is 10.6 Å². The number of carbonyl (C=O) groups excluding carboxylic acids is 1. The Bertz CT molecular complexity index is 1230. The molecule has 3 aromatic rings. The number of nitrogens with zero attached hydrogens (tertiary/aromatic N) is 4. The number of nitrogens with one attached hydrogen (secondary N) is 1. The first-order valence-corrected chi connectivity index (χ1v) is 12.4. The number of rotatable bonds is 6. The molecule has 1 amide bonds. The second-order valence-electron chi connectivity index (χ2n) is 8.06. The predicted molar refractivity (Wildman–Crippen MR) is 128 cm³/mol. The van der Waals surface area contributed by atoms with E-state index in [0.717, 1.165) is 16.8 Å². The number of hydrogen-bond acceptors (Lipinski definition) is 5. The molecule has 1 aliphatic rings. The minimum atomic E-state index is -3.92. The molecule has 0 atom stereocenters. The van der Waals surface area contributed by atoms with Crippen LogP contribution in [0.5, 0.6) is 0 Å². The quantitative estimate of drug-likeness (QED) is 0.577. The maximum atomic E-state index is 13.4. The maximum absolute atomic E-state index is 13.4. The summed E-state index contributed by atoms with van der Waals surface area (Å²) in [5.41, 5.74) is 3.10. The standard InChI is InChI=1S/C23H26ClN5O3S/c1-17-3-5-18(6-4-17)15-25-22(30)21-16-27(2)26-23(21)33(31,32)29-13-11-28(12-14-29)20-9-7-19(24)8-10-20/h3-10,16H,11-15H2,1-2H3,(H,25,30). The highest BCUT2D eigenvalue weighted by Gasteiger charge is 2.34. The zero-order valence-electron chi connectivity index (χ0n) is 18.5. The van der Waals surface area contributed by atoms with Crippen LogP contribution in [0.25, 0.3) is 0 Å². The fourth-order valence-corrected chi connectivity index (χ4v) is 5.43. The number of amides is 1. The van der Waals surface area contributed by atoms with Crippen LogP contribution in [0.4, 0.5) is 5.69 Å². The number of aryl methyl sites for hydroxylation is 2. The van der Waals surface area contributed by atoms with Crippen molar-refractivity contribution in [3.63, 3.8) is 0 Å². The largest absolute Gasteiger partial charge is 0.369 e. The Balaban J connectivity index is 1.46. The van der Waals surface area contributed by atoms with Crippen molar-refractivity contribution < 1.29 is 13.2 Å². The van der Waals surface area contributed by atoms with Crippen molar-refractivity contribution >= 4 is 33.2 Å². The van der Waals surface area contributed by atoms with Crippen molar-refractivity contribution in [2.75, 3.05) is 31.1 Å². The van der Waals surface area contributed by atoms with Crippen LogP contribution in [0, 0.1) is 6.92 Å². The van der Waals surface area contributed by atoms with Gasteiger partial charge in [0.25, 0.3) is 15.9 Å². The number of hydrogen-bond donors (Lipinski definition) is 1. The SMILES string of the molecule is Cc1ccc(CNC(=O)c2cn(C)nc2S(=O)(=O)N2CCN(c3ccc(Cl)cc3)CC2)cc1. The summed E-state index contributed by atoms with van der Waals surface area (Å²) in [6.45, 7) is 3.95. The molecule has 1 aromatic heterocycles. The van der Waals surface area contributed by atoms with Gasteiger partial charge in [0.05, 0.1) is 5.56 Å². The van der Waals surface area contributed by atoms with E-state index in [1.54, 1.807) is 7.05 Å². The van der Waals surface area contributed by atoms with Gasteiger partial charge < -0.3 is 10.2 Å². The zero-order valence-corrected chi connectivity index (χ0v) is 20.1. The van der Waals surface area contributed by atoms with Gasteiger partial charge in [-0.05, 0) is 36.8 Å². The molecule has 1 saturated heterocycles. The highest BCUT2D eigenvalue weighted by atomic mass is 35.5. The Hall–Kier alpha value is -2.88. The summed E-state index contributed by atoms with van der Waals surface area (Å²) in [7, 11) is -2.32. The number of piperazine rings is 1. The first-order valence-electron chi connectivity index (χ1n) is 10.6. The molecule has 1 aliphatic heterocycles. The summed E-state index contributed by atoms with van der Waals surface area (Å²) in [5, 5.41) is 7.37. The highest BCUT2D eigenvalue weighted by molar-refractivity contribution is 7.89. The van der Waals surface area contributed by atoms with E-state index in [1.165, 1.54) is 15.2 Å². The molecule has 8 nitrogen and oxygen atoms in total. The van der Waals surface area contributed by atoms with Gasteiger partial charge in [0, 0.05) is 56.7 Å². The predicted octanol–water partition coefficient (Wildman–Crippen LogP) is 2.82. The van der Waals surface area contributed by atoms with Gasteiger partial charge in [0.2, 0.25) is 5.03 Å². The highest BCUT2D eigenvalue weighted by Crippen LogP contribution is 2.23. The smallest absolute Gasteiger partial charge is 0.263 e. The number of aromatic nitrogens is 2. The van der Waals surface area contributed by atoms with Crippen molar-refractivity contribution in [1.29, 1.82) is 0 Å². The second kappa shape index (κ2) is 9.54. The van der Waals surface area contributed by atoms with Crippen LogP contribution < -0.4 is 10.2 Å². The minimum absolute atomic E-state index is 0.0461. The molecule has 10 heteroatoms. The van der Waals surface area contributed by atoms with Crippen molar-refractivity contribution in [3.05, 3.63) is 76.4 Å². The van der Waals surface area contributed by atoms with Gasteiger partial charge in [-0.25, -0.2) is 8.42 Å². The van der Waals surface area contributed by atoms with Crippen molar-refractivity contribution in [2.24, 2.45) is 7.05 Å². The average Bonchev–Trinajstić information content (AvgIpc) is 3.22. The molecular formula is C23H26ClN5O3S. The lowest BCUT2D eigenvalue weighted by molar-refractivity contribution is 0.0947. The molecule has 33 heavy (non-hydrogen) atoms. The van der Waals surface area contributed by atoms with Crippen LogP contribution >= 0.6 is 11.6 Å². The fourth-order valence-electron chi connectivity index (χ4n) is 3.76. The van der Waals surface area contributed by atoms with Gasteiger partial charge in [-0.15, -0.1) is 0 Å². The summed E-state index contributed by atoms with van der Waals surface area (Å²) in [6.07, 6.45) is 1.45. The summed E-state index contributed by atoms with van der Waals surface area (Å²) in [6, 6.07) is 15.2. The minimum Gasteiger partial charge on any atom is -0.369 e. The van der Waals surface area contributed by atoms with E-state index < -0.39 is 15.9 Å². The van der Waals surface area contributed by atoms with Crippen molar-refractivity contribution in [1.82, 2.24) is 19.4 Å². The Morgan fingerprint density at radius 1 is 1.03 bits per heavy atom. The lowest BCUT2D eigenvalue weighted by atomic mass is 10.1. The topological polar surface area (TPSA) is 87.5 Å². The van der Waals surface area contributed by atoms with Crippen LogP contribution in [-0.4, -0.2) is 54.6 Å². The van der Waals surface area contributed by atoms with Crippen LogP contribution in [-0.2, 0) is 23.6 Å². The van der Waals surface area contributed by atoms with E-state index in [1.807, 2.05) is 55.5 Å². The van der Waals surface area contributed by atoms with Crippen LogP contribution in [0.2, 0.25) is 5.02 Å². The van der Waals surface area contributed by atoms with Crippen LogP contribution in [0.1, 0.15) is 21.5 Å². The van der Waals surface area contributed by atoms with E-state index in [2.05, 4.69) is 15.3 Å². The van der Waals surface area contributed by atoms with Gasteiger partial charge in [0.1, 0.15) is 0 Å². The number of anilines is 1. The Labute approximate surface area is 198 Å². The van der Waals surface area contributed by atoms with E-state index in [9.17, 15) is 13.2 Å². The lowest BCUT2D eigenvalue weighted by Crippen LogP contribution is -2.49. The van der Waals surface area contributed by atoms with Crippen molar-refractivity contribution in [2.45, 2.75) is 18.5 Å². The maximum Gasteiger partial charge on any atom is 0.263 e. The number of halogens is 1. The molecule has 1 fully saturated rings. The molecule has 4 rings (SSSR count). The Morgan fingerprint density at radius 2 is 1.67 bits per heavy atom. The third-order valence-electron chi connectivity index (χ3n) is 5.63. The molecule has 0 aliphatic carbocycles. The molecule has 0 unspecified atom stereocenters. The number of sulfonamides is 1. The average molecular weight is 488 g/mol. The van der Waals surface area contributed by atoms with Gasteiger partial charge in [0.15, 0.2) is 0 Å². The van der Waals surface area contributed by atoms with Gasteiger partial charge in [-0.3, -0.25) is 9.48 Å². The summed E-state index contributed by atoms with van der Waals surface area (Å²) >= 11 is 5.96. The fraction of sp³-hybridized carbons (Fsp3) is 0.304. The summed E-state index contributed by atoms with van der Waals surface area (Å²) in [4.78, 5) is 15.0. The molecule has 2 aromatic carbocycles. The van der Waals surface area contributed by atoms with Gasteiger partial charge in [-0.1, -0.05) is 41.4 Å². The summed E-state index contributed by atoms with van der Waals surface area (Å²) < 4.78 is 29.5. The lowest BCUT2D eigenvalue weighted by Gasteiger charge is -2.35. The summed E-state index contributed by atoms with van der Waals surface area (Å²) in [5.74, 6) is -0.470. The van der Waals surface area contributed by atoms with Crippen LogP contribution in [0.15, 0.2) is 59.8 Å². The van der Waals surface area contributed by atoms with Gasteiger partial charge >= 0.3 is 0 Å². The molecule has 1 N–H and O–H groups in total. The molecular weight excluding hydrogens is 462 g/mol. The Kier molecular flexibility index (Phi) is 6.73. The second-order valence-corrected chi connectivity index (χ2v) is 10.3. The number of benzene rings is 2. The van der Waals surface area contributed by atoms with Crippen LogP contribution in [0.3, 0.4) is 0 Å². The zero-order chi connectivity index (χ0) is 23.6. The van der Waals surface area contributed by atoms with E-state index in [4.69, 9.17) is 11.6 Å². The number of carbonyl (C=O) groups is 1. The third-order valence-corrected chi connectivity index (χ3v) is 7.72. The normalized spacial score (nSPS) is 14.9. The third kappa shape index (κ3) is 5.21. The molecule has 0 radical (unpaired) electrons. The molecule has 0 spiro atoms. The molecule has 2 heterocycles.